The first-order chi connectivity index (χ1) is 3.06. The zero-order valence-corrected chi connectivity index (χ0v) is 4.03. The van der Waals surface area contributed by atoms with E-state index in [4.69, 9.17) is 5.14 Å². The van der Waals surface area contributed by atoms with Gasteiger partial charge in [-0.3, -0.25) is 4.79 Å². The molecule has 0 saturated heterocycles. The molecular formula is CH3N2O3S. The number of carbonyl (C=O) groups is 1. The molecule has 41 valence electrons. The van der Waals surface area contributed by atoms with Gasteiger partial charge in [-0.05, 0) is 0 Å². The van der Waals surface area contributed by atoms with Gasteiger partial charge in [0.25, 0.3) is 0 Å². The molecule has 0 bridgehead atoms. The molecule has 0 heterocycles. The van der Waals surface area contributed by atoms with E-state index in [1.54, 1.807) is 0 Å². The summed E-state index contributed by atoms with van der Waals surface area (Å²) in [5.74, 6) is 0. The van der Waals surface area contributed by atoms with E-state index in [1.807, 2.05) is 0 Å². The molecule has 0 aromatic carbocycles. The highest BCUT2D eigenvalue weighted by Crippen LogP contribution is 1.60. The Morgan fingerprint density at radius 1 is 1.57 bits per heavy atom. The molecule has 0 saturated carbocycles. The Kier molecular flexibility index (Phi) is 1.73. The van der Waals surface area contributed by atoms with Crippen LogP contribution < -0.4 is 9.86 Å². The third kappa shape index (κ3) is 5.38. The van der Waals surface area contributed by atoms with Crippen LogP contribution >= 0.6 is 0 Å². The molecule has 0 aromatic rings. The highest BCUT2D eigenvalue weighted by molar-refractivity contribution is 7.87. The highest BCUT2D eigenvalue weighted by atomic mass is 32.2. The van der Waals surface area contributed by atoms with Crippen molar-refractivity contribution >= 4 is 16.6 Å². The molecule has 0 fully saturated rings. The SMILES string of the molecule is [NH]S(=O)(=O)NC=O. The second-order valence-corrected chi connectivity index (χ2v) is 1.98. The van der Waals surface area contributed by atoms with Crippen molar-refractivity contribution in [1.82, 2.24) is 9.86 Å². The number of nitrogens with one attached hydrogen (secondary N) is 2. The summed E-state index contributed by atoms with van der Waals surface area (Å²) in [5, 5.41) is 5.96. The van der Waals surface area contributed by atoms with Crippen molar-refractivity contribution in [3.8, 4) is 0 Å². The predicted molar refractivity (Wildman–Crippen MR) is 21.2 cm³/mol. The second-order valence-electron chi connectivity index (χ2n) is 0.739. The molecule has 0 aliphatic rings. The maximum atomic E-state index is 9.56. The Morgan fingerprint density at radius 3 is 2.00 bits per heavy atom. The first-order valence-electron chi connectivity index (χ1n) is 1.27. The number of carbonyl (C=O) groups excluding carboxylic acids is 1. The fourth-order valence-electron chi connectivity index (χ4n) is 0.0633. The summed E-state index contributed by atoms with van der Waals surface area (Å²) in [4.78, 5) is 9.21. The summed E-state index contributed by atoms with van der Waals surface area (Å²) in [6.45, 7) is 0. The summed E-state index contributed by atoms with van der Waals surface area (Å²) in [6, 6.07) is 0. The van der Waals surface area contributed by atoms with E-state index < -0.39 is 10.2 Å². The summed E-state index contributed by atoms with van der Waals surface area (Å²) >= 11 is 0. The van der Waals surface area contributed by atoms with Crippen molar-refractivity contribution in [1.29, 1.82) is 0 Å². The van der Waals surface area contributed by atoms with Crippen molar-refractivity contribution in [3.63, 3.8) is 0 Å². The Labute approximate surface area is 40.7 Å². The first kappa shape index (κ1) is 6.38. The molecule has 0 atom stereocenters. The molecule has 5 nitrogen and oxygen atoms in total. The zero-order chi connectivity index (χ0) is 5.91. The fourth-order valence-corrected chi connectivity index (χ4v) is 0.190. The van der Waals surface area contributed by atoms with Gasteiger partial charge < -0.3 is 0 Å². The van der Waals surface area contributed by atoms with Crippen LogP contribution in [0.3, 0.4) is 0 Å². The van der Waals surface area contributed by atoms with Crippen LogP contribution in [0.5, 0.6) is 0 Å². The topological polar surface area (TPSA) is 87.0 Å². The lowest BCUT2D eigenvalue weighted by Crippen LogP contribution is -2.21. The molecule has 0 aliphatic heterocycles. The van der Waals surface area contributed by atoms with Crippen LogP contribution in [0.15, 0.2) is 0 Å². The quantitative estimate of drug-likeness (QED) is 0.442. The van der Waals surface area contributed by atoms with Crippen LogP contribution in [-0.4, -0.2) is 14.8 Å². The van der Waals surface area contributed by atoms with E-state index in [0.29, 0.717) is 0 Å². The van der Waals surface area contributed by atoms with Crippen LogP contribution in [0.2, 0.25) is 0 Å². The zero-order valence-electron chi connectivity index (χ0n) is 3.21. The largest absolute Gasteiger partial charge is 0.314 e. The van der Waals surface area contributed by atoms with Crippen LogP contribution in [0.1, 0.15) is 0 Å². The van der Waals surface area contributed by atoms with Gasteiger partial charge in [0.2, 0.25) is 6.41 Å². The lowest BCUT2D eigenvalue weighted by molar-refractivity contribution is -0.108. The lowest BCUT2D eigenvalue weighted by Gasteiger charge is -1.84. The average Bonchev–Trinajstić information content (AvgIpc) is 1.30. The Balaban J connectivity index is 3.84. The standard InChI is InChI=1S/CH3N2O3S/c2-7(5,6)3-1-4/h1-2H,(H,3,4). The molecule has 7 heavy (non-hydrogen) atoms. The normalized spacial score (nSPS) is 10.4. The molecule has 0 aromatic heterocycles. The molecule has 0 unspecified atom stereocenters. The summed E-state index contributed by atoms with van der Waals surface area (Å²) in [5.41, 5.74) is 0. The van der Waals surface area contributed by atoms with Gasteiger partial charge in [0.1, 0.15) is 0 Å². The first-order valence-corrected chi connectivity index (χ1v) is 2.75. The minimum atomic E-state index is -4.04. The van der Waals surface area contributed by atoms with E-state index in [2.05, 4.69) is 0 Å². The Morgan fingerprint density at radius 2 is 2.00 bits per heavy atom. The summed E-state index contributed by atoms with van der Waals surface area (Å²) < 4.78 is 20.4. The van der Waals surface area contributed by atoms with Crippen LogP contribution in [0.25, 0.3) is 0 Å². The molecular weight excluding hydrogens is 120 g/mol. The minimum Gasteiger partial charge on any atom is -0.278 e. The van der Waals surface area contributed by atoms with Crippen LogP contribution in [-0.2, 0) is 15.0 Å². The predicted octanol–water partition coefficient (Wildman–Crippen LogP) is -1.74. The highest BCUT2D eigenvalue weighted by Gasteiger charge is 1.94. The van der Waals surface area contributed by atoms with E-state index in [0.717, 1.165) is 0 Å². The average molecular weight is 123 g/mol. The number of rotatable bonds is 2. The third-order valence-corrected chi connectivity index (χ3v) is 0.610. The summed E-state index contributed by atoms with van der Waals surface area (Å²) in [7, 11) is -4.04. The van der Waals surface area contributed by atoms with Crippen molar-refractivity contribution in [2.45, 2.75) is 0 Å². The molecule has 0 spiro atoms. The maximum Gasteiger partial charge on any atom is 0.314 e. The molecule has 6 heteroatoms. The van der Waals surface area contributed by atoms with Gasteiger partial charge in [-0.1, -0.05) is 0 Å². The molecule has 1 amide bonds. The van der Waals surface area contributed by atoms with Gasteiger partial charge in [0.15, 0.2) is 0 Å². The van der Waals surface area contributed by atoms with Crippen LogP contribution in [0.4, 0.5) is 0 Å². The van der Waals surface area contributed by atoms with Crippen molar-refractivity contribution in [2.24, 2.45) is 0 Å². The van der Waals surface area contributed by atoms with E-state index in [9.17, 15) is 13.2 Å². The van der Waals surface area contributed by atoms with Crippen molar-refractivity contribution in [2.75, 3.05) is 0 Å². The van der Waals surface area contributed by atoms with E-state index >= 15 is 0 Å². The van der Waals surface area contributed by atoms with Crippen molar-refractivity contribution in [3.05, 3.63) is 0 Å². The molecule has 2 N–H and O–H groups in total. The van der Waals surface area contributed by atoms with E-state index in [-0.39, 0.29) is 6.41 Å². The fraction of sp³-hybridized carbons (Fsp3) is 0. The van der Waals surface area contributed by atoms with Gasteiger partial charge in [-0.25, -0.2) is 4.72 Å². The monoisotopic (exact) mass is 123 g/mol. The van der Waals surface area contributed by atoms with Gasteiger partial charge >= 0.3 is 10.2 Å². The van der Waals surface area contributed by atoms with E-state index in [1.165, 1.54) is 4.72 Å². The number of hydrogen-bond donors (Lipinski definition) is 1. The Hall–Kier alpha value is -0.620. The molecule has 1 radical (unpaired) electrons. The maximum absolute atomic E-state index is 9.56. The molecule has 0 rings (SSSR count). The van der Waals surface area contributed by atoms with Gasteiger partial charge in [-0.15, -0.1) is 5.14 Å². The van der Waals surface area contributed by atoms with Gasteiger partial charge in [0, 0.05) is 0 Å². The smallest absolute Gasteiger partial charge is 0.278 e. The number of hydrogen-bond acceptors (Lipinski definition) is 3. The van der Waals surface area contributed by atoms with Crippen molar-refractivity contribution < 1.29 is 13.2 Å². The second kappa shape index (κ2) is 1.90. The third-order valence-electron chi connectivity index (χ3n) is 0.203. The molecule has 0 aliphatic carbocycles. The van der Waals surface area contributed by atoms with Gasteiger partial charge in [0.05, 0.1) is 0 Å². The van der Waals surface area contributed by atoms with Gasteiger partial charge in [-0.2, -0.15) is 8.42 Å². The summed E-state index contributed by atoms with van der Waals surface area (Å²) in [6.07, 6.45) is -0.0671. The van der Waals surface area contributed by atoms with Crippen LogP contribution in [0, 0.1) is 0 Å². The Bertz CT molecular complexity index is 146. The minimum absolute atomic E-state index is 0.0671. The number of amides is 1. The lowest BCUT2D eigenvalue weighted by atomic mass is 11.5.